The minimum absolute atomic E-state index is 0.537. The zero-order chi connectivity index (χ0) is 8.81. The van der Waals surface area contributed by atoms with Crippen molar-refractivity contribution >= 4 is 0 Å². The van der Waals surface area contributed by atoms with Crippen molar-refractivity contribution in [2.24, 2.45) is 0 Å². The number of hydrogen-bond donors (Lipinski definition) is 0. The van der Waals surface area contributed by atoms with Crippen molar-refractivity contribution in [1.29, 1.82) is 0 Å². The molecule has 0 aliphatic carbocycles. The monoisotopic (exact) mass is 167 g/mol. The van der Waals surface area contributed by atoms with E-state index < -0.39 is 0 Å². The molecule has 1 rings (SSSR count). The van der Waals surface area contributed by atoms with Crippen molar-refractivity contribution in [1.82, 2.24) is 4.98 Å². The molecule has 0 aliphatic heterocycles. The summed E-state index contributed by atoms with van der Waals surface area (Å²) in [6.45, 7) is 4.40. The van der Waals surface area contributed by atoms with Crippen molar-refractivity contribution in [3.8, 4) is 0 Å². The maximum Gasteiger partial charge on any atom is 0.197 e. The molecule has 0 saturated carbocycles. The van der Waals surface area contributed by atoms with Gasteiger partial charge in [-0.1, -0.05) is 26.7 Å². The highest BCUT2D eigenvalue weighted by molar-refractivity contribution is 4.90. The van der Waals surface area contributed by atoms with E-state index in [-0.39, 0.29) is 0 Å². The van der Waals surface area contributed by atoms with Crippen LogP contribution in [0.1, 0.15) is 51.3 Å². The van der Waals surface area contributed by atoms with Gasteiger partial charge >= 0.3 is 0 Å². The van der Waals surface area contributed by atoms with E-state index in [1.807, 2.05) is 0 Å². The smallest absolute Gasteiger partial charge is 0.197 e. The van der Waals surface area contributed by atoms with Gasteiger partial charge in [0.1, 0.15) is 6.26 Å². The van der Waals surface area contributed by atoms with Gasteiger partial charge in [-0.3, -0.25) is 0 Å². The third kappa shape index (κ3) is 2.36. The van der Waals surface area contributed by atoms with Gasteiger partial charge in [-0.2, -0.15) is 0 Å². The van der Waals surface area contributed by atoms with Crippen molar-refractivity contribution in [3.63, 3.8) is 0 Å². The van der Waals surface area contributed by atoms with Crippen LogP contribution in [0, 0.1) is 0 Å². The predicted octanol–water partition coefficient (Wildman–Crippen LogP) is 3.36. The van der Waals surface area contributed by atoms with Crippen LogP contribution in [0.2, 0.25) is 0 Å². The molecule has 0 saturated heterocycles. The van der Waals surface area contributed by atoms with E-state index in [0.717, 1.165) is 5.89 Å². The second-order valence-electron chi connectivity index (χ2n) is 3.14. The summed E-state index contributed by atoms with van der Waals surface area (Å²) in [5.41, 5.74) is 0. The fourth-order valence-corrected chi connectivity index (χ4v) is 1.52. The van der Waals surface area contributed by atoms with Crippen LogP contribution in [0.5, 0.6) is 0 Å². The molecule has 0 bridgehead atoms. The normalized spacial score (nSPS) is 10.9. The van der Waals surface area contributed by atoms with Crippen LogP contribution in [0.4, 0.5) is 0 Å². The summed E-state index contributed by atoms with van der Waals surface area (Å²) < 4.78 is 5.29. The van der Waals surface area contributed by atoms with E-state index in [0.29, 0.717) is 5.92 Å². The number of oxazole rings is 1. The summed E-state index contributed by atoms with van der Waals surface area (Å²) in [5.74, 6) is 1.45. The Morgan fingerprint density at radius 3 is 2.42 bits per heavy atom. The average molecular weight is 167 g/mol. The SMILES string of the molecule is CCCC(CCC)c1ncco1. The van der Waals surface area contributed by atoms with E-state index in [1.54, 1.807) is 12.5 Å². The third-order valence-corrected chi connectivity index (χ3v) is 2.07. The molecule has 0 radical (unpaired) electrons. The van der Waals surface area contributed by atoms with Gasteiger partial charge in [0, 0.05) is 5.92 Å². The number of aromatic nitrogens is 1. The molecule has 2 heteroatoms. The molecule has 0 aromatic carbocycles. The molecule has 12 heavy (non-hydrogen) atoms. The number of nitrogens with zero attached hydrogens (tertiary/aromatic N) is 1. The Morgan fingerprint density at radius 1 is 1.33 bits per heavy atom. The molecule has 0 N–H and O–H groups in total. The van der Waals surface area contributed by atoms with E-state index in [9.17, 15) is 0 Å². The standard InChI is InChI=1S/C10H17NO/c1-3-5-9(6-4-2)10-11-7-8-12-10/h7-9H,3-6H2,1-2H3. The fourth-order valence-electron chi connectivity index (χ4n) is 1.52. The van der Waals surface area contributed by atoms with Gasteiger partial charge in [0.05, 0.1) is 6.20 Å². The lowest BCUT2D eigenvalue weighted by molar-refractivity contribution is 0.410. The zero-order valence-corrected chi connectivity index (χ0v) is 7.92. The molecule has 0 spiro atoms. The van der Waals surface area contributed by atoms with Crippen LogP contribution in [0.3, 0.4) is 0 Å². The Morgan fingerprint density at radius 2 is 2.00 bits per heavy atom. The molecule has 0 amide bonds. The van der Waals surface area contributed by atoms with E-state index in [4.69, 9.17) is 4.42 Å². The topological polar surface area (TPSA) is 26.0 Å². The largest absolute Gasteiger partial charge is 0.449 e. The first kappa shape index (κ1) is 9.30. The summed E-state index contributed by atoms with van der Waals surface area (Å²) in [4.78, 5) is 4.19. The molecule has 1 heterocycles. The highest BCUT2D eigenvalue weighted by Crippen LogP contribution is 2.24. The minimum atomic E-state index is 0.537. The lowest BCUT2D eigenvalue weighted by Gasteiger charge is -2.09. The van der Waals surface area contributed by atoms with Gasteiger partial charge in [0.2, 0.25) is 0 Å². The Hall–Kier alpha value is -0.790. The Balaban J connectivity index is 2.53. The molecular formula is C10H17NO. The molecule has 0 unspecified atom stereocenters. The molecular weight excluding hydrogens is 150 g/mol. The molecule has 0 atom stereocenters. The molecule has 0 fully saturated rings. The van der Waals surface area contributed by atoms with Crippen molar-refractivity contribution in [2.45, 2.75) is 45.4 Å². The van der Waals surface area contributed by atoms with Crippen LogP contribution in [0.15, 0.2) is 16.9 Å². The van der Waals surface area contributed by atoms with Gasteiger partial charge in [0.15, 0.2) is 5.89 Å². The summed E-state index contributed by atoms with van der Waals surface area (Å²) in [6.07, 6.45) is 8.17. The molecule has 0 aliphatic rings. The highest BCUT2D eigenvalue weighted by atomic mass is 16.3. The summed E-state index contributed by atoms with van der Waals surface area (Å²) in [7, 11) is 0. The summed E-state index contributed by atoms with van der Waals surface area (Å²) in [6, 6.07) is 0. The van der Waals surface area contributed by atoms with Gasteiger partial charge in [-0.15, -0.1) is 0 Å². The van der Waals surface area contributed by atoms with E-state index >= 15 is 0 Å². The highest BCUT2D eigenvalue weighted by Gasteiger charge is 2.13. The van der Waals surface area contributed by atoms with Crippen molar-refractivity contribution < 1.29 is 4.42 Å². The lowest BCUT2D eigenvalue weighted by atomic mass is 9.98. The maximum absolute atomic E-state index is 5.29. The van der Waals surface area contributed by atoms with Gasteiger partial charge in [0.25, 0.3) is 0 Å². The van der Waals surface area contributed by atoms with Gasteiger partial charge in [-0.25, -0.2) is 4.98 Å². The average Bonchev–Trinajstić information content (AvgIpc) is 2.56. The Bertz CT molecular complexity index is 188. The van der Waals surface area contributed by atoms with Crippen LogP contribution in [-0.2, 0) is 0 Å². The number of rotatable bonds is 5. The third-order valence-electron chi connectivity index (χ3n) is 2.07. The van der Waals surface area contributed by atoms with Gasteiger partial charge in [-0.05, 0) is 12.8 Å². The molecule has 1 aromatic rings. The Kier molecular flexibility index (Phi) is 3.85. The minimum Gasteiger partial charge on any atom is -0.449 e. The Labute approximate surface area is 74.0 Å². The fraction of sp³-hybridized carbons (Fsp3) is 0.700. The van der Waals surface area contributed by atoms with Gasteiger partial charge < -0.3 is 4.42 Å². The van der Waals surface area contributed by atoms with Crippen molar-refractivity contribution in [3.05, 3.63) is 18.4 Å². The van der Waals surface area contributed by atoms with Crippen LogP contribution in [-0.4, -0.2) is 4.98 Å². The van der Waals surface area contributed by atoms with Crippen LogP contribution in [0.25, 0.3) is 0 Å². The first-order chi connectivity index (χ1) is 5.88. The molecule has 68 valence electrons. The summed E-state index contributed by atoms with van der Waals surface area (Å²) >= 11 is 0. The molecule has 1 aromatic heterocycles. The first-order valence-electron chi connectivity index (χ1n) is 4.77. The lowest BCUT2D eigenvalue weighted by Crippen LogP contribution is -1.98. The van der Waals surface area contributed by atoms with Crippen LogP contribution >= 0.6 is 0 Å². The predicted molar refractivity (Wildman–Crippen MR) is 49.1 cm³/mol. The quantitative estimate of drug-likeness (QED) is 0.672. The second-order valence-corrected chi connectivity index (χ2v) is 3.14. The van der Waals surface area contributed by atoms with E-state index in [2.05, 4.69) is 18.8 Å². The zero-order valence-electron chi connectivity index (χ0n) is 7.92. The van der Waals surface area contributed by atoms with Crippen molar-refractivity contribution in [2.75, 3.05) is 0 Å². The maximum atomic E-state index is 5.29. The first-order valence-corrected chi connectivity index (χ1v) is 4.77. The summed E-state index contributed by atoms with van der Waals surface area (Å²) in [5, 5.41) is 0. The molecule has 2 nitrogen and oxygen atoms in total. The van der Waals surface area contributed by atoms with Crippen LogP contribution < -0.4 is 0 Å². The number of hydrogen-bond acceptors (Lipinski definition) is 2. The van der Waals surface area contributed by atoms with E-state index in [1.165, 1.54) is 25.7 Å². The second kappa shape index (κ2) is 4.96.